The van der Waals surface area contributed by atoms with E-state index in [1.807, 2.05) is 6.07 Å². The third kappa shape index (κ3) is 1.88. The van der Waals surface area contributed by atoms with E-state index in [0.29, 0.717) is 6.20 Å². The number of aromatic nitrogens is 1. The van der Waals surface area contributed by atoms with E-state index in [1.54, 1.807) is 0 Å². The van der Waals surface area contributed by atoms with Crippen LogP contribution in [-0.4, -0.2) is 10.8 Å². The van der Waals surface area contributed by atoms with Gasteiger partial charge in [-0.15, -0.1) is 0 Å². The molecule has 0 radical (unpaired) electrons. The quantitative estimate of drug-likeness (QED) is 0.756. The summed E-state index contributed by atoms with van der Waals surface area (Å²) in [4.78, 5) is 14.6. The van der Waals surface area contributed by atoms with E-state index in [1.165, 1.54) is 6.07 Å². The summed E-state index contributed by atoms with van der Waals surface area (Å²) in [7, 11) is 0. The summed E-state index contributed by atoms with van der Waals surface area (Å²) in [6.45, 7) is 0. The molecule has 3 nitrogen and oxygen atoms in total. The Morgan fingerprint density at radius 1 is 1.35 bits per heavy atom. The number of alkyl halides is 3. The molecule has 1 heterocycles. The van der Waals surface area contributed by atoms with Gasteiger partial charge in [0.15, 0.2) is 0 Å². The van der Waals surface area contributed by atoms with Crippen LogP contribution in [0.4, 0.5) is 13.2 Å². The van der Waals surface area contributed by atoms with Gasteiger partial charge in [0, 0.05) is 19.0 Å². The van der Waals surface area contributed by atoms with E-state index in [4.69, 9.17) is 5.26 Å². The SMILES string of the molecule is N#CC1(c2ccc(C(F)(F)F)cn2)CC(=O)C1. The molecule has 88 valence electrons. The summed E-state index contributed by atoms with van der Waals surface area (Å²) in [5.41, 5.74) is -1.66. The molecule has 1 aromatic rings. The van der Waals surface area contributed by atoms with Crippen molar-refractivity contribution in [1.82, 2.24) is 4.98 Å². The van der Waals surface area contributed by atoms with Crippen LogP contribution in [0.25, 0.3) is 0 Å². The Balaban J connectivity index is 2.31. The zero-order chi connectivity index (χ0) is 12.7. The van der Waals surface area contributed by atoms with E-state index in [0.717, 1.165) is 6.07 Å². The normalized spacial score (nSPS) is 18.4. The Morgan fingerprint density at radius 2 is 2.00 bits per heavy atom. The molecule has 0 aromatic carbocycles. The van der Waals surface area contributed by atoms with Crippen molar-refractivity contribution in [3.05, 3.63) is 29.6 Å². The third-order valence-electron chi connectivity index (χ3n) is 2.79. The van der Waals surface area contributed by atoms with Gasteiger partial charge in [0.2, 0.25) is 0 Å². The lowest BCUT2D eigenvalue weighted by Gasteiger charge is -2.32. The Kier molecular flexibility index (Phi) is 2.42. The van der Waals surface area contributed by atoms with Crippen LogP contribution in [0.5, 0.6) is 0 Å². The number of Topliss-reactive ketones (excluding diaryl/α,β-unsaturated/α-hetero) is 1. The van der Waals surface area contributed by atoms with Crippen LogP contribution in [-0.2, 0) is 16.4 Å². The molecule has 0 unspecified atom stereocenters. The van der Waals surface area contributed by atoms with Crippen molar-refractivity contribution in [3.63, 3.8) is 0 Å². The van der Waals surface area contributed by atoms with Gasteiger partial charge in [-0.3, -0.25) is 9.78 Å². The summed E-state index contributed by atoms with van der Waals surface area (Å²) < 4.78 is 36.9. The second-order valence-electron chi connectivity index (χ2n) is 4.02. The highest BCUT2D eigenvalue weighted by Gasteiger charge is 2.47. The number of hydrogen-bond acceptors (Lipinski definition) is 3. The lowest BCUT2D eigenvalue weighted by atomic mass is 9.66. The number of carbonyl (C=O) groups is 1. The Hall–Kier alpha value is -1.90. The van der Waals surface area contributed by atoms with Gasteiger partial charge in [0.1, 0.15) is 11.2 Å². The summed E-state index contributed by atoms with van der Waals surface area (Å²) in [5, 5.41) is 8.97. The van der Waals surface area contributed by atoms with Gasteiger partial charge in [-0.1, -0.05) is 0 Å². The topological polar surface area (TPSA) is 53.8 Å². The maximum Gasteiger partial charge on any atom is 0.417 e. The van der Waals surface area contributed by atoms with Crippen LogP contribution in [0.2, 0.25) is 0 Å². The number of carbonyl (C=O) groups excluding carboxylic acids is 1. The van der Waals surface area contributed by atoms with E-state index >= 15 is 0 Å². The smallest absolute Gasteiger partial charge is 0.300 e. The van der Waals surface area contributed by atoms with Gasteiger partial charge in [0.05, 0.1) is 17.3 Å². The van der Waals surface area contributed by atoms with Crippen molar-refractivity contribution in [3.8, 4) is 6.07 Å². The van der Waals surface area contributed by atoms with Crippen molar-refractivity contribution in [2.24, 2.45) is 0 Å². The fraction of sp³-hybridized carbons (Fsp3) is 0.364. The fourth-order valence-corrected chi connectivity index (χ4v) is 1.78. The van der Waals surface area contributed by atoms with E-state index in [-0.39, 0.29) is 24.3 Å². The summed E-state index contributed by atoms with van der Waals surface area (Å²) in [6.07, 6.45) is -3.69. The molecule has 0 bridgehead atoms. The number of hydrogen-bond donors (Lipinski definition) is 0. The van der Waals surface area contributed by atoms with Crippen molar-refractivity contribution in [2.45, 2.75) is 24.4 Å². The molecule has 1 aliphatic carbocycles. The second kappa shape index (κ2) is 3.55. The van der Waals surface area contributed by atoms with Gasteiger partial charge in [-0.25, -0.2) is 0 Å². The highest BCUT2D eigenvalue weighted by atomic mass is 19.4. The average Bonchev–Trinajstić information content (AvgIpc) is 2.23. The Labute approximate surface area is 94.9 Å². The minimum absolute atomic E-state index is 0.0296. The third-order valence-corrected chi connectivity index (χ3v) is 2.79. The van der Waals surface area contributed by atoms with E-state index < -0.39 is 17.2 Å². The number of rotatable bonds is 1. The minimum atomic E-state index is -4.44. The molecule has 1 saturated carbocycles. The lowest BCUT2D eigenvalue weighted by Crippen LogP contribution is -2.41. The van der Waals surface area contributed by atoms with Crippen molar-refractivity contribution >= 4 is 5.78 Å². The standard InChI is InChI=1S/C11H7F3N2O/c12-11(13,14)7-1-2-9(16-5-7)10(6-15)3-8(17)4-10/h1-2,5H,3-4H2. The Bertz CT molecular complexity index is 491. The number of nitriles is 1. The lowest BCUT2D eigenvalue weighted by molar-refractivity contribution is -0.138. The predicted molar refractivity (Wildman–Crippen MR) is 50.8 cm³/mol. The number of ketones is 1. The van der Waals surface area contributed by atoms with E-state index in [2.05, 4.69) is 4.98 Å². The molecule has 0 amide bonds. The maximum atomic E-state index is 12.3. The molecule has 0 N–H and O–H groups in total. The molecule has 0 saturated heterocycles. The minimum Gasteiger partial charge on any atom is -0.300 e. The highest BCUT2D eigenvalue weighted by molar-refractivity contribution is 5.89. The number of nitrogens with zero attached hydrogens (tertiary/aromatic N) is 2. The van der Waals surface area contributed by atoms with Crippen LogP contribution < -0.4 is 0 Å². The molecule has 1 aromatic heterocycles. The van der Waals surface area contributed by atoms with Crippen LogP contribution in [0.15, 0.2) is 18.3 Å². The second-order valence-corrected chi connectivity index (χ2v) is 4.02. The highest BCUT2D eigenvalue weighted by Crippen LogP contribution is 2.40. The molecule has 17 heavy (non-hydrogen) atoms. The average molecular weight is 240 g/mol. The maximum absolute atomic E-state index is 12.3. The molecule has 2 rings (SSSR count). The molecular weight excluding hydrogens is 233 g/mol. The van der Waals surface area contributed by atoms with Gasteiger partial charge < -0.3 is 0 Å². The zero-order valence-corrected chi connectivity index (χ0v) is 8.58. The largest absolute Gasteiger partial charge is 0.417 e. The Morgan fingerprint density at radius 3 is 2.35 bits per heavy atom. The fourth-order valence-electron chi connectivity index (χ4n) is 1.78. The van der Waals surface area contributed by atoms with Crippen molar-refractivity contribution in [1.29, 1.82) is 5.26 Å². The van der Waals surface area contributed by atoms with Gasteiger partial charge in [-0.2, -0.15) is 18.4 Å². The van der Waals surface area contributed by atoms with Crippen molar-refractivity contribution < 1.29 is 18.0 Å². The van der Waals surface area contributed by atoms with Crippen LogP contribution in [0.3, 0.4) is 0 Å². The summed E-state index contributed by atoms with van der Waals surface area (Å²) in [5.74, 6) is -0.0757. The van der Waals surface area contributed by atoms with Gasteiger partial charge in [0.25, 0.3) is 0 Å². The molecule has 0 atom stereocenters. The first-order valence-electron chi connectivity index (χ1n) is 4.84. The summed E-state index contributed by atoms with van der Waals surface area (Å²) >= 11 is 0. The molecular formula is C11H7F3N2O. The predicted octanol–water partition coefficient (Wildman–Crippen LogP) is 2.22. The van der Waals surface area contributed by atoms with Crippen LogP contribution >= 0.6 is 0 Å². The molecule has 6 heteroatoms. The first-order valence-corrected chi connectivity index (χ1v) is 4.84. The van der Waals surface area contributed by atoms with E-state index in [9.17, 15) is 18.0 Å². The van der Waals surface area contributed by atoms with Crippen LogP contribution in [0, 0.1) is 11.3 Å². The van der Waals surface area contributed by atoms with Crippen molar-refractivity contribution in [2.75, 3.05) is 0 Å². The number of pyridine rings is 1. The molecule has 0 spiro atoms. The van der Waals surface area contributed by atoms with Crippen LogP contribution in [0.1, 0.15) is 24.1 Å². The molecule has 0 aliphatic heterocycles. The first kappa shape index (κ1) is 11.6. The van der Waals surface area contributed by atoms with Gasteiger partial charge >= 0.3 is 6.18 Å². The number of halogens is 3. The monoisotopic (exact) mass is 240 g/mol. The van der Waals surface area contributed by atoms with Gasteiger partial charge in [-0.05, 0) is 12.1 Å². The molecule has 1 fully saturated rings. The zero-order valence-electron chi connectivity index (χ0n) is 8.58. The summed E-state index contributed by atoms with van der Waals surface area (Å²) in [6, 6.07) is 4.00. The molecule has 1 aliphatic rings. The first-order chi connectivity index (χ1) is 7.87.